The van der Waals surface area contributed by atoms with Crippen LogP contribution in [0.4, 0.5) is 0 Å². The lowest BCUT2D eigenvalue weighted by Crippen LogP contribution is -2.34. The molecule has 7 nitrogen and oxygen atoms in total. The summed E-state index contributed by atoms with van der Waals surface area (Å²) in [6.07, 6.45) is 5.59. The molecule has 4 rings (SSSR count). The number of rotatable bonds is 5. The fourth-order valence-electron chi connectivity index (χ4n) is 4.43. The lowest BCUT2D eigenvalue weighted by Gasteiger charge is -2.27. The molecular formula is C22H27N3O4. The van der Waals surface area contributed by atoms with Gasteiger partial charge in [0.1, 0.15) is 5.76 Å². The van der Waals surface area contributed by atoms with E-state index in [-0.39, 0.29) is 35.0 Å². The Morgan fingerprint density at radius 3 is 2.31 bits per heavy atom. The van der Waals surface area contributed by atoms with Gasteiger partial charge in [-0.1, -0.05) is 38.1 Å². The molecule has 0 spiro atoms. The third kappa shape index (κ3) is 3.09. The highest BCUT2D eigenvalue weighted by Crippen LogP contribution is 2.49. The molecule has 1 aromatic heterocycles. The van der Waals surface area contributed by atoms with E-state index in [9.17, 15) is 14.7 Å². The molecule has 2 bridgehead atoms. The van der Waals surface area contributed by atoms with Crippen LogP contribution in [0.3, 0.4) is 0 Å². The Hall–Kier alpha value is -2.80. The standard InChI is InChI=1S/C22H27N3O4/c1-14(26)12-15(2)29-17-10-11-18-22(3,4)19(13-17)25-21(28)23(20(27)24(18)25)16-8-6-5-7-9-16/h5-11,13-15,18-19,26H,12H2,1-4H3/t14-,15-,18?,19?/m1/s1. The van der Waals surface area contributed by atoms with E-state index >= 15 is 0 Å². The topological polar surface area (TPSA) is 78.4 Å². The van der Waals surface area contributed by atoms with Gasteiger partial charge in [0.25, 0.3) is 0 Å². The fourth-order valence-corrected chi connectivity index (χ4v) is 4.43. The van der Waals surface area contributed by atoms with Gasteiger partial charge in [0, 0.05) is 11.8 Å². The van der Waals surface area contributed by atoms with Gasteiger partial charge in [-0.15, -0.1) is 0 Å². The van der Waals surface area contributed by atoms with E-state index < -0.39 is 6.10 Å². The summed E-state index contributed by atoms with van der Waals surface area (Å²) >= 11 is 0. The largest absolute Gasteiger partial charge is 0.491 e. The van der Waals surface area contributed by atoms with Gasteiger partial charge in [0.05, 0.1) is 30.0 Å². The second kappa shape index (κ2) is 6.91. The Kier molecular flexibility index (Phi) is 4.65. The summed E-state index contributed by atoms with van der Waals surface area (Å²) in [5.74, 6) is 0.650. The van der Waals surface area contributed by atoms with Crippen molar-refractivity contribution < 1.29 is 9.84 Å². The van der Waals surface area contributed by atoms with Gasteiger partial charge in [0.2, 0.25) is 0 Å². The molecule has 0 fully saturated rings. The first-order chi connectivity index (χ1) is 13.7. The molecule has 1 N–H and O–H groups in total. The number of aromatic nitrogens is 3. The van der Waals surface area contributed by atoms with E-state index in [1.165, 1.54) is 4.57 Å². The minimum atomic E-state index is -0.457. The summed E-state index contributed by atoms with van der Waals surface area (Å²) in [6, 6.07) is 8.37. The zero-order valence-corrected chi connectivity index (χ0v) is 17.1. The molecule has 2 heterocycles. The van der Waals surface area contributed by atoms with Gasteiger partial charge < -0.3 is 9.84 Å². The number of benzene rings is 1. The zero-order valence-electron chi connectivity index (χ0n) is 17.1. The van der Waals surface area contributed by atoms with Crippen LogP contribution in [-0.4, -0.2) is 31.2 Å². The Bertz CT molecular complexity index is 1090. The maximum Gasteiger partial charge on any atom is 0.352 e. The molecule has 0 amide bonds. The molecule has 2 unspecified atom stereocenters. The number of allylic oxidation sites excluding steroid dienone is 3. The SMILES string of the molecule is C[C@H](C[C@@H](C)O)OC1=CC2n3c(=O)n(-c4ccccc4)c(=O)n3C(C=C1)C2(C)C. The quantitative estimate of drug-likeness (QED) is 0.841. The first kappa shape index (κ1) is 19.5. The molecule has 0 saturated heterocycles. The summed E-state index contributed by atoms with van der Waals surface area (Å²) in [7, 11) is 0. The second-order valence-corrected chi connectivity index (χ2v) is 8.58. The minimum Gasteiger partial charge on any atom is -0.491 e. The van der Waals surface area contributed by atoms with Crippen molar-refractivity contribution in [2.45, 2.75) is 58.4 Å². The number of nitrogens with zero attached hydrogens (tertiary/aromatic N) is 3. The van der Waals surface area contributed by atoms with E-state index in [1.54, 1.807) is 40.6 Å². The highest BCUT2D eigenvalue weighted by atomic mass is 16.5. The molecule has 2 aromatic rings. The van der Waals surface area contributed by atoms with E-state index in [2.05, 4.69) is 13.8 Å². The highest BCUT2D eigenvalue weighted by molar-refractivity contribution is 5.32. The molecule has 29 heavy (non-hydrogen) atoms. The number of para-hydroxylation sites is 1. The summed E-state index contributed by atoms with van der Waals surface area (Å²) < 4.78 is 10.3. The van der Waals surface area contributed by atoms with Gasteiger partial charge >= 0.3 is 11.4 Å². The maximum atomic E-state index is 13.3. The van der Waals surface area contributed by atoms with Crippen LogP contribution in [0.5, 0.6) is 0 Å². The van der Waals surface area contributed by atoms with Crippen LogP contribution in [0, 0.1) is 5.41 Å². The smallest absolute Gasteiger partial charge is 0.352 e. The Morgan fingerprint density at radius 2 is 1.69 bits per heavy atom. The average Bonchev–Trinajstić information content (AvgIpc) is 2.94. The number of aliphatic hydroxyl groups excluding tert-OH is 1. The number of aliphatic hydroxyl groups is 1. The van der Waals surface area contributed by atoms with E-state index in [0.29, 0.717) is 17.9 Å². The first-order valence-electron chi connectivity index (χ1n) is 9.98. The van der Waals surface area contributed by atoms with Crippen LogP contribution in [0.15, 0.2) is 63.9 Å². The van der Waals surface area contributed by atoms with Crippen LogP contribution in [0.25, 0.3) is 5.69 Å². The van der Waals surface area contributed by atoms with Crippen molar-refractivity contribution in [1.82, 2.24) is 13.9 Å². The highest BCUT2D eigenvalue weighted by Gasteiger charge is 2.49. The van der Waals surface area contributed by atoms with E-state index in [4.69, 9.17) is 4.74 Å². The van der Waals surface area contributed by atoms with Crippen molar-refractivity contribution in [1.29, 1.82) is 0 Å². The third-order valence-electron chi connectivity index (χ3n) is 5.85. The van der Waals surface area contributed by atoms with Gasteiger partial charge in [-0.3, -0.25) is 0 Å². The summed E-state index contributed by atoms with van der Waals surface area (Å²) in [5.41, 5.74) is -0.513. The van der Waals surface area contributed by atoms with Crippen molar-refractivity contribution >= 4 is 0 Å². The van der Waals surface area contributed by atoms with E-state index in [1.807, 2.05) is 31.2 Å². The van der Waals surface area contributed by atoms with Crippen molar-refractivity contribution in [3.05, 3.63) is 75.3 Å². The van der Waals surface area contributed by atoms with Crippen LogP contribution in [0.1, 0.15) is 46.2 Å². The average molecular weight is 397 g/mol. The van der Waals surface area contributed by atoms with Gasteiger partial charge in [-0.2, -0.15) is 0 Å². The maximum absolute atomic E-state index is 13.3. The number of hydrogen-bond donors (Lipinski definition) is 1. The number of hydrogen-bond acceptors (Lipinski definition) is 4. The number of ether oxygens (including phenoxy) is 1. The molecule has 0 saturated carbocycles. The Labute approximate surface area is 169 Å². The lowest BCUT2D eigenvalue weighted by molar-refractivity contribution is 0.0761. The molecule has 4 atom stereocenters. The third-order valence-corrected chi connectivity index (χ3v) is 5.85. The Morgan fingerprint density at radius 1 is 1.07 bits per heavy atom. The van der Waals surface area contributed by atoms with Gasteiger partial charge in [-0.25, -0.2) is 23.5 Å². The molecule has 1 aliphatic heterocycles. The molecule has 1 aliphatic carbocycles. The van der Waals surface area contributed by atoms with Crippen LogP contribution in [-0.2, 0) is 4.74 Å². The normalized spacial score (nSPS) is 23.8. The molecule has 0 radical (unpaired) electrons. The van der Waals surface area contributed by atoms with Crippen molar-refractivity contribution in [3.63, 3.8) is 0 Å². The summed E-state index contributed by atoms with van der Waals surface area (Å²) in [6.45, 7) is 7.74. The van der Waals surface area contributed by atoms with Crippen molar-refractivity contribution in [3.8, 4) is 5.69 Å². The number of fused-ring (bicyclic) bond motifs is 5. The van der Waals surface area contributed by atoms with Gasteiger partial charge in [-0.05, 0) is 38.1 Å². The Balaban J connectivity index is 1.81. The van der Waals surface area contributed by atoms with Crippen LogP contribution < -0.4 is 11.4 Å². The second-order valence-electron chi connectivity index (χ2n) is 8.58. The van der Waals surface area contributed by atoms with E-state index in [0.717, 1.165) is 0 Å². The lowest BCUT2D eigenvalue weighted by atomic mass is 9.79. The van der Waals surface area contributed by atoms with Crippen LogP contribution in [0.2, 0.25) is 0 Å². The molecular weight excluding hydrogens is 370 g/mol. The molecule has 1 aromatic carbocycles. The molecule has 2 aliphatic rings. The molecule has 154 valence electrons. The molecule has 7 heteroatoms. The minimum absolute atomic E-state index is 0.168. The summed E-state index contributed by atoms with van der Waals surface area (Å²) in [4.78, 5) is 26.5. The predicted molar refractivity (Wildman–Crippen MR) is 110 cm³/mol. The monoisotopic (exact) mass is 397 g/mol. The summed E-state index contributed by atoms with van der Waals surface area (Å²) in [5, 5.41) is 9.60. The predicted octanol–water partition coefficient (Wildman–Crippen LogP) is 2.55. The first-order valence-corrected chi connectivity index (χ1v) is 9.98. The van der Waals surface area contributed by atoms with Crippen molar-refractivity contribution in [2.24, 2.45) is 5.41 Å². The van der Waals surface area contributed by atoms with Crippen LogP contribution >= 0.6 is 0 Å². The zero-order chi connectivity index (χ0) is 20.9. The fraction of sp³-hybridized carbons (Fsp3) is 0.455. The van der Waals surface area contributed by atoms with Gasteiger partial charge in [0.15, 0.2) is 0 Å². The van der Waals surface area contributed by atoms with Crippen molar-refractivity contribution in [2.75, 3.05) is 0 Å².